The molecule has 0 aliphatic carbocycles. The Morgan fingerprint density at radius 2 is 1.80 bits per heavy atom. The maximum Gasteiger partial charge on any atom is 0.264 e. The molecule has 2 rings (SSSR count). The van der Waals surface area contributed by atoms with Gasteiger partial charge >= 0.3 is 0 Å². The number of pyridine rings is 1. The van der Waals surface area contributed by atoms with Gasteiger partial charge in [-0.05, 0) is 37.1 Å². The molecule has 0 aliphatic heterocycles. The van der Waals surface area contributed by atoms with E-state index in [4.69, 9.17) is 5.26 Å². The zero-order valence-corrected chi connectivity index (χ0v) is 11.9. The van der Waals surface area contributed by atoms with E-state index >= 15 is 0 Å². The van der Waals surface area contributed by atoms with Crippen LogP contribution in [0.3, 0.4) is 0 Å². The van der Waals surface area contributed by atoms with E-state index in [1.807, 2.05) is 32.0 Å². The highest BCUT2D eigenvalue weighted by molar-refractivity contribution is 7.92. The van der Waals surface area contributed by atoms with E-state index in [-0.39, 0.29) is 10.6 Å². The van der Waals surface area contributed by atoms with Crippen LogP contribution in [-0.2, 0) is 10.0 Å². The molecule has 1 heterocycles. The van der Waals surface area contributed by atoms with Crippen LogP contribution in [0.1, 0.15) is 16.8 Å². The fourth-order valence-corrected chi connectivity index (χ4v) is 3.17. The lowest BCUT2D eigenvalue weighted by Crippen LogP contribution is -2.16. The lowest BCUT2D eigenvalue weighted by Gasteiger charge is -2.13. The molecule has 0 bridgehead atoms. The SMILES string of the molecule is Cc1cccc(C)c1NS(=O)(=O)c1cccnc1C#N. The Morgan fingerprint density at radius 3 is 2.40 bits per heavy atom. The molecule has 0 unspecified atom stereocenters. The molecule has 0 radical (unpaired) electrons. The van der Waals surface area contributed by atoms with Crippen molar-refractivity contribution in [3.05, 3.63) is 53.3 Å². The van der Waals surface area contributed by atoms with E-state index in [0.717, 1.165) is 11.1 Å². The number of benzene rings is 1. The van der Waals surface area contributed by atoms with Gasteiger partial charge in [0, 0.05) is 6.20 Å². The number of hydrogen-bond acceptors (Lipinski definition) is 4. The van der Waals surface area contributed by atoms with Gasteiger partial charge in [0.15, 0.2) is 5.69 Å². The molecule has 1 aromatic carbocycles. The number of nitrogens with one attached hydrogen (secondary N) is 1. The van der Waals surface area contributed by atoms with E-state index in [1.54, 1.807) is 6.07 Å². The normalized spacial score (nSPS) is 10.8. The second-order valence-electron chi connectivity index (χ2n) is 4.33. The number of nitriles is 1. The third-order valence-corrected chi connectivity index (χ3v) is 4.26. The number of rotatable bonds is 3. The molecular formula is C14H13N3O2S. The van der Waals surface area contributed by atoms with Gasteiger partial charge < -0.3 is 0 Å². The quantitative estimate of drug-likeness (QED) is 0.939. The first-order valence-corrected chi connectivity index (χ1v) is 7.38. The number of hydrogen-bond donors (Lipinski definition) is 1. The summed E-state index contributed by atoms with van der Waals surface area (Å²) in [5.74, 6) is 0. The molecule has 0 atom stereocenters. The number of aromatic nitrogens is 1. The largest absolute Gasteiger partial charge is 0.279 e. The van der Waals surface area contributed by atoms with Gasteiger partial charge in [0.25, 0.3) is 10.0 Å². The number of aryl methyl sites for hydroxylation is 2. The van der Waals surface area contributed by atoms with Gasteiger partial charge in [-0.3, -0.25) is 4.72 Å². The van der Waals surface area contributed by atoms with Gasteiger partial charge in [-0.25, -0.2) is 13.4 Å². The van der Waals surface area contributed by atoms with Crippen LogP contribution in [0.2, 0.25) is 0 Å². The molecule has 102 valence electrons. The zero-order valence-electron chi connectivity index (χ0n) is 11.1. The Balaban J connectivity index is 2.50. The van der Waals surface area contributed by atoms with Gasteiger partial charge in [-0.1, -0.05) is 18.2 Å². The Bertz CT molecular complexity index is 772. The van der Waals surface area contributed by atoms with Gasteiger partial charge in [-0.2, -0.15) is 5.26 Å². The van der Waals surface area contributed by atoms with E-state index in [1.165, 1.54) is 18.3 Å². The van der Waals surface area contributed by atoms with E-state index in [0.29, 0.717) is 5.69 Å². The van der Waals surface area contributed by atoms with Crippen molar-refractivity contribution >= 4 is 15.7 Å². The smallest absolute Gasteiger partial charge is 0.264 e. The fourth-order valence-electron chi connectivity index (χ4n) is 1.86. The molecule has 5 nitrogen and oxygen atoms in total. The number of nitrogens with zero attached hydrogens (tertiary/aromatic N) is 2. The number of sulfonamides is 1. The third-order valence-electron chi connectivity index (χ3n) is 2.88. The van der Waals surface area contributed by atoms with Gasteiger partial charge in [0.05, 0.1) is 5.69 Å². The molecular weight excluding hydrogens is 274 g/mol. The first kappa shape index (κ1) is 14.0. The highest BCUT2D eigenvalue weighted by Crippen LogP contribution is 2.24. The molecule has 0 saturated heterocycles. The second kappa shape index (κ2) is 5.31. The van der Waals surface area contributed by atoms with Crippen molar-refractivity contribution in [1.82, 2.24) is 4.98 Å². The molecule has 20 heavy (non-hydrogen) atoms. The third kappa shape index (κ3) is 2.63. The highest BCUT2D eigenvalue weighted by Gasteiger charge is 2.20. The average molecular weight is 287 g/mol. The van der Waals surface area contributed by atoms with Crippen molar-refractivity contribution in [3.8, 4) is 6.07 Å². The van der Waals surface area contributed by atoms with Crippen LogP contribution in [0.25, 0.3) is 0 Å². The zero-order chi connectivity index (χ0) is 14.8. The molecule has 2 aromatic rings. The minimum Gasteiger partial charge on any atom is -0.279 e. The van der Waals surface area contributed by atoms with Gasteiger partial charge in [-0.15, -0.1) is 0 Å². The van der Waals surface area contributed by atoms with Crippen molar-refractivity contribution in [1.29, 1.82) is 5.26 Å². The van der Waals surface area contributed by atoms with Crippen LogP contribution in [0.5, 0.6) is 0 Å². The van der Waals surface area contributed by atoms with Crippen LogP contribution in [-0.4, -0.2) is 13.4 Å². The monoisotopic (exact) mass is 287 g/mol. The summed E-state index contributed by atoms with van der Waals surface area (Å²) >= 11 is 0. The highest BCUT2D eigenvalue weighted by atomic mass is 32.2. The summed E-state index contributed by atoms with van der Waals surface area (Å²) in [6, 6.07) is 10.1. The van der Waals surface area contributed by atoms with Gasteiger partial charge in [0.2, 0.25) is 0 Å². The number of para-hydroxylation sites is 1. The van der Waals surface area contributed by atoms with E-state index < -0.39 is 10.0 Å². The van der Waals surface area contributed by atoms with E-state index in [9.17, 15) is 8.42 Å². The predicted octanol–water partition coefficient (Wildman–Crippen LogP) is 2.37. The molecule has 0 spiro atoms. The van der Waals surface area contributed by atoms with Crippen molar-refractivity contribution in [2.24, 2.45) is 0 Å². The Morgan fingerprint density at radius 1 is 1.15 bits per heavy atom. The summed E-state index contributed by atoms with van der Waals surface area (Å²) in [5.41, 5.74) is 2.04. The van der Waals surface area contributed by atoms with Crippen LogP contribution in [0.15, 0.2) is 41.4 Å². The predicted molar refractivity (Wildman–Crippen MR) is 75.7 cm³/mol. The van der Waals surface area contributed by atoms with Crippen molar-refractivity contribution in [2.45, 2.75) is 18.7 Å². The van der Waals surface area contributed by atoms with Gasteiger partial charge in [0.1, 0.15) is 11.0 Å². The standard InChI is InChI=1S/C14H13N3O2S/c1-10-5-3-6-11(2)14(10)17-20(18,19)13-7-4-8-16-12(13)9-15/h3-8,17H,1-2H3. The number of anilines is 1. The minimum atomic E-state index is -3.84. The maximum atomic E-state index is 12.4. The van der Waals surface area contributed by atoms with E-state index in [2.05, 4.69) is 9.71 Å². The molecule has 6 heteroatoms. The topological polar surface area (TPSA) is 82.8 Å². The lowest BCUT2D eigenvalue weighted by molar-refractivity contribution is 0.600. The second-order valence-corrected chi connectivity index (χ2v) is 5.99. The maximum absolute atomic E-state index is 12.4. The van der Waals surface area contributed by atoms with Crippen molar-refractivity contribution in [3.63, 3.8) is 0 Å². The summed E-state index contributed by atoms with van der Waals surface area (Å²) in [5, 5.41) is 8.95. The Labute approximate surface area is 118 Å². The van der Waals surface area contributed by atoms with Crippen molar-refractivity contribution < 1.29 is 8.42 Å². The molecule has 0 saturated carbocycles. The fraction of sp³-hybridized carbons (Fsp3) is 0.143. The van der Waals surface area contributed by atoms with Crippen LogP contribution in [0, 0.1) is 25.2 Å². The summed E-state index contributed by atoms with van der Waals surface area (Å²) in [6.07, 6.45) is 1.39. The Kier molecular flexibility index (Phi) is 3.72. The van der Waals surface area contributed by atoms with Crippen LogP contribution in [0.4, 0.5) is 5.69 Å². The lowest BCUT2D eigenvalue weighted by atomic mass is 10.1. The summed E-state index contributed by atoms with van der Waals surface area (Å²) < 4.78 is 27.3. The summed E-state index contributed by atoms with van der Waals surface area (Å²) in [4.78, 5) is 3.65. The molecule has 1 aromatic heterocycles. The van der Waals surface area contributed by atoms with Crippen LogP contribution >= 0.6 is 0 Å². The van der Waals surface area contributed by atoms with Crippen LogP contribution < -0.4 is 4.72 Å². The minimum absolute atomic E-state index is 0.119. The first-order valence-electron chi connectivity index (χ1n) is 5.90. The first-order chi connectivity index (χ1) is 9.45. The summed E-state index contributed by atoms with van der Waals surface area (Å²) in [7, 11) is -3.84. The molecule has 0 amide bonds. The molecule has 0 fully saturated rings. The average Bonchev–Trinajstić information content (AvgIpc) is 2.43. The summed E-state index contributed by atoms with van der Waals surface area (Å²) in [6.45, 7) is 3.64. The van der Waals surface area contributed by atoms with Crippen molar-refractivity contribution in [2.75, 3.05) is 4.72 Å². The molecule has 1 N–H and O–H groups in total. The molecule has 0 aliphatic rings. The Hall–Kier alpha value is -2.39.